The topological polar surface area (TPSA) is 111 Å². The van der Waals surface area contributed by atoms with Crippen LogP contribution in [0.4, 0.5) is 5.69 Å². The van der Waals surface area contributed by atoms with Gasteiger partial charge in [-0.3, -0.25) is 4.72 Å². The van der Waals surface area contributed by atoms with Crippen LogP contribution in [0.5, 0.6) is 17.2 Å². The molecule has 9 nitrogen and oxygen atoms in total. The molecule has 0 bridgehead atoms. The lowest BCUT2D eigenvalue weighted by atomic mass is 10.2. The summed E-state index contributed by atoms with van der Waals surface area (Å²) in [6.07, 6.45) is 2.60. The van der Waals surface area contributed by atoms with E-state index in [-0.39, 0.29) is 21.2 Å². The summed E-state index contributed by atoms with van der Waals surface area (Å²) in [5.74, 6) is 1.01. The van der Waals surface area contributed by atoms with Crippen LogP contribution in [0.25, 0.3) is 0 Å². The zero-order chi connectivity index (χ0) is 22.1. The van der Waals surface area contributed by atoms with Crippen LogP contribution in [0.3, 0.4) is 0 Å². The lowest BCUT2D eigenvalue weighted by Crippen LogP contribution is -2.35. The van der Waals surface area contributed by atoms with Crippen LogP contribution in [0.2, 0.25) is 0 Å². The number of nitrogens with zero attached hydrogens (tertiary/aromatic N) is 1. The third-order valence-electron chi connectivity index (χ3n) is 5.19. The first-order valence-electron chi connectivity index (χ1n) is 9.92. The second-order valence-corrected chi connectivity index (χ2v) is 10.9. The molecule has 1 fully saturated rings. The fraction of sp³-hybridized carbons (Fsp3) is 0.400. The SMILES string of the molecule is COc1ccc(S(=O)(=O)N2CCCCC2)cc1NS(=O)(=O)c1ccc2c(c1)OCCO2. The Balaban J connectivity index is 1.66. The lowest BCUT2D eigenvalue weighted by molar-refractivity contribution is 0.171. The molecule has 1 N–H and O–H groups in total. The molecule has 0 aromatic heterocycles. The van der Waals surface area contributed by atoms with Crippen LogP contribution in [0, 0.1) is 0 Å². The van der Waals surface area contributed by atoms with Gasteiger partial charge in [0.2, 0.25) is 10.0 Å². The second kappa shape index (κ2) is 8.56. The Morgan fingerprint density at radius 2 is 1.55 bits per heavy atom. The minimum atomic E-state index is -4.04. The van der Waals surface area contributed by atoms with Crippen LogP contribution in [-0.4, -0.2) is 54.6 Å². The maximum Gasteiger partial charge on any atom is 0.262 e. The second-order valence-electron chi connectivity index (χ2n) is 7.24. The Morgan fingerprint density at radius 3 is 2.26 bits per heavy atom. The van der Waals surface area contributed by atoms with Crippen molar-refractivity contribution in [1.82, 2.24) is 4.31 Å². The van der Waals surface area contributed by atoms with Gasteiger partial charge < -0.3 is 14.2 Å². The molecule has 2 heterocycles. The van der Waals surface area contributed by atoms with E-state index in [0.717, 1.165) is 19.3 Å². The van der Waals surface area contributed by atoms with E-state index < -0.39 is 20.0 Å². The third-order valence-corrected chi connectivity index (χ3v) is 8.45. The molecule has 2 aromatic carbocycles. The van der Waals surface area contributed by atoms with Crippen LogP contribution in [-0.2, 0) is 20.0 Å². The van der Waals surface area contributed by atoms with Crippen LogP contribution in [0.15, 0.2) is 46.2 Å². The Morgan fingerprint density at radius 1 is 0.871 bits per heavy atom. The molecule has 0 amide bonds. The molecule has 11 heteroatoms. The molecule has 2 aliphatic heterocycles. The molecule has 0 spiro atoms. The Hall–Kier alpha value is -2.50. The van der Waals surface area contributed by atoms with Crippen LogP contribution in [0.1, 0.15) is 19.3 Å². The average molecular weight is 469 g/mol. The van der Waals surface area contributed by atoms with Crippen LogP contribution >= 0.6 is 0 Å². The van der Waals surface area contributed by atoms with Crippen molar-refractivity contribution in [2.45, 2.75) is 29.1 Å². The van der Waals surface area contributed by atoms with Crippen molar-refractivity contribution in [3.8, 4) is 17.2 Å². The highest BCUT2D eigenvalue weighted by Crippen LogP contribution is 2.35. The summed E-state index contributed by atoms with van der Waals surface area (Å²) >= 11 is 0. The summed E-state index contributed by atoms with van der Waals surface area (Å²) in [4.78, 5) is -0.0295. The van der Waals surface area contributed by atoms with Crippen LogP contribution < -0.4 is 18.9 Å². The molecule has 1 saturated heterocycles. The Labute approximate surface area is 182 Å². The first-order valence-corrected chi connectivity index (χ1v) is 12.8. The predicted octanol–water partition coefficient (Wildman–Crippen LogP) is 2.44. The number of fused-ring (bicyclic) bond motifs is 1. The van der Waals surface area contributed by atoms with E-state index in [9.17, 15) is 16.8 Å². The zero-order valence-corrected chi connectivity index (χ0v) is 18.7. The fourth-order valence-electron chi connectivity index (χ4n) is 3.58. The molecule has 31 heavy (non-hydrogen) atoms. The largest absolute Gasteiger partial charge is 0.495 e. The number of benzene rings is 2. The zero-order valence-electron chi connectivity index (χ0n) is 17.0. The van der Waals surface area contributed by atoms with Gasteiger partial charge >= 0.3 is 0 Å². The normalized spacial score (nSPS) is 17.2. The lowest BCUT2D eigenvalue weighted by Gasteiger charge is -2.26. The van der Waals surface area contributed by atoms with Crippen molar-refractivity contribution >= 4 is 25.7 Å². The quantitative estimate of drug-likeness (QED) is 0.693. The molecular weight excluding hydrogens is 444 g/mol. The van der Waals surface area contributed by atoms with Crippen molar-refractivity contribution in [2.24, 2.45) is 0 Å². The van der Waals surface area contributed by atoms with Gasteiger partial charge in [0.25, 0.3) is 10.0 Å². The van der Waals surface area contributed by atoms with E-state index in [1.54, 1.807) is 0 Å². The Bertz CT molecular complexity index is 1170. The van der Waals surface area contributed by atoms with Crippen molar-refractivity contribution in [3.05, 3.63) is 36.4 Å². The molecule has 4 rings (SSSR count). The number of rotatable bonds is 6. The van der Waals surface area contributed by atoms with Gasteiger partial charge in [0, 0.05) is 19.2 Å². The van der Waals surface area contributed by atoms with Crippen molar-refractivity contribution in [2.75, 3.05) is 38.1 Å². The maximum atomic E-state index is 13.0. The van der Waals surface area contributed by atoms with E-state index in [1.807, 2.05) is 0 Å². The summed E-state index contributed by atoms with van der Waals surface area (Å²) < 4.78 is 72.0. The molecule has 0 saturated carbocycles. The minimum Gasteiger partial charge on any atom is -0.495 e. The molecule has 0 atom stereocenters. The van der Waals surface area contributed by atoms with Gasteiger partial charge in [-0.2, -0.15) is 4.31 Å². The summed E-state index contributed by atoms with van der Waals surface area (Å²) in [5, 5.41) is 0. The predicted molar refractivity (Wildman–Crippen MR) is 114 cm³/mol. The van der Waals surface area contributed by atoms with Gasteiger partial charge in [-0.05, 0) is 43.2 Å². The van der Waals surface area contributed by atoms with Gasteiger partial charge in [-0.15, -0.1) is 0 Å². The van der Waals surface area contributed by atoms with E-state index in [4.69, 9.17) is 14.2 Å². The fourth-order valence-corrected chi connectivity index (χ4v) is 6.20. The molecule has 168 valence electrons. The number of methoxy groups -OCH3 is 1. The molecule has 0 unspecified atom stereocenters. The molecular formula is C20H24N2O7S2. The molecule has 2 aromatic rings. The first-order chi connectivity index (χ1) is 14.8. The van der Waals surface area contributed by atoms with Gasteiger partial charge in [-0.25, -0.2) is 16.8 Å². The number of ether oxygens (including phenoxy) is 3. The highest BCUT2D eigenvalue weighted by atomic mass is 32.2. The summed E-state index contributed by atoms with van der Waals surface area (Å²) in [6.45, 7) is 1.63. The smallest absolute Gasteiger partial charge is 0.262 e. The van der Waals surface area contributed by atoms with E-state index in [0.29, 0.717) is 37.8 Å². The number of sulfonamides is 2. The van der Waals surface area contributed by atoms with Crippen molar-refractivity contribution in [1.29, 1.82) is 0 Å². The van der Waals surface area contributed by atoms with Gasteiger partial charge in [0.1, 0.15) is 19.0 Å². The molecule has 0 aliphatic carbocycles. The minimum absolute atomic E-state index is 0.00933. The number of hydrogen-bond acceptors (Lipinski definition) is 7. The first kappa shape index (κ1) is 21.7. The highest BCUT2D eigenvalue weighted by Gasteiger charge is 2.28. The summed E-state index contributed by atoms with van der Waals surface area (Å²) in [7, 11) is -6.39. The molecule has 0 radical (unpaired) electrons. The van der Waals surface area contributed by atoms with E-state index in [2.05, 4.69) is 4.72 Å². The van der Waals surface area contributed by atoms with Crippen molar-refractivity contribution < 1.29 is 31.0 Å². The average Bonchev–Trinajstić information content (AvgIpc) is 2.79. The number of hydrogen-bond donors (Lipinski definition) is 1. The van der Waals surface area contributed by atoms with E-state index >= 15 is 0 Å². The van der Waals surface area contributed by atoms with E-state index in [1.165, 1.54) is 47.8 Å². The highest BCUT2D eigenvalue weighted by molar-refractivity contribution is 7.92. The Kier molecular flexibility index (Phi) is 6.00. The number of anilines is 1. The van der Waals surface area contributed by atoms with Crippen molar-refractivity contribution in [3.63, 3.8) is 0 Å². The molecule has 2 aliphatic rings. The summed E-state index contributed by atoms with van der Waals surface area (Å²) in [6, 6.07) is 8.45. The maximum absolute atomic E-state index is 13.0. The van der Waals surface area contributed by atoms with Gasteiger partial charge in [-0.1, -0.05) is 6.42 Å². The number of piperidine rings is 1. The third kappa shape index (κ3) is 4.43. The van der Waals surface area contributed by atoms with Gasteiger partial charge in [0.05, 0.1) is 22.6 Å². The number of nitrogens with one attached hydrogen (secondary N) is 1. The summed E-state index contributed by atoms with van der Waals surface area (Å²) in [5.41, 5.74) is 0.0375. The van der Waals surface area contributed by atoms with Gasteiger partial charge in [0.15, 0.2) is 11.5 Å². The monoisotopic (exact) mass is 468 g/mol. The standard InChI is InChI=1S/C20H24N2O7S2/c1-27-18-7-6-16(31(25,26)22-9-3-2-4-10-22)13-17(18)21-30(23,24)15-5-8-19-20(14-15)29-12-11-28-19/h5-8,13-14,21H,2-4,9-12H2,1H3.